The zero-order chi connectivity index (χ0) is 27.2. The number of hydrogen-bond donors (Lipinski definition) is 0. The predicted molar refractivity (Wildman–Crippen MR) is 143 cm³/mol. The van der Waals surface area contributed by atoms with Gasteiger partial charge in [-0.3, -0.25) is 0 Å². The Morgan fingerprint density at radius 2 is 0.923 bits per heavy atom. The summed E-state index contributed by atoms with van der Waals surface area (Å²) in [7, 11) is -4.94. The molecule has 0 fully saturated rings. The van der Waals surface area contributed by atoms with Crippen molar-refractivity contribution >= 4 is 23.3 Å². The first-order valence-electron chi connectivity index (χ1n) is 13.1. The van der Waals surface area contributed by atoms with Crippen LogP contribution in [0.2, 0.25) is 0 Å². The third kappa shape index (κ3) is 6.90. The van der Waals surface area contributed by atoms with Gasteiger partial charge in [0.15, 0.2) is 0 Å². The molecule has 2 aliphatic carbocycles. The lowest BCUT2D eigenvalue weighted by atomic mass is 9.80. The normalized spacial score (nSPS) is 16.7. The third-order valence-electron chi connectivity index (χ3n) is 7.03. The van der Waals surface area contributed by atoms with E-state index in [9.17, 15) is 0 Å². The Morgan fingerprint density at radius 1 is 0.538 bits per heavy atom. The summed E-state index contributed by atoms with van der Waals surface area (Å²) in [6.07, 6.45) is 11.2. The molecule has 0 N–H and O–H groups in total. The molecule has 39 heavy (non-hydrogen) atoms. The van der Waals surface area contributed by atoms with Crippen LogP contribution in [0.15, 0.2) is 95.4 Å². The lowest BCUT2D eigenvalue weighted by molar-refractivity contribution is -2.00. The quantitative estimate of drug-likeness (QED) is 0.362. The van der Waals surface area contributed by atoms with Gasteiger partial charge < -0.3 is 0 Å². The molecule has 0 saturated heterocycles. The van der Waals surface area contributed by atoms with E-state index in [-0.39, 0.29) is 0 Å². The number of hydrogen-bond acceptors (Lipinski definition) is 4. The summed E-state index contributed by atoms with van der Waals surface area (Å²) in [5.74, 6) is 2.18. The Hall–Kier alpha value is -3.58. The fourth-order valence-electron chi connectivity index (χ4n) is 5.50. The minimum absolute atomic E-state index is 1.05. The largest absolute Gasteiger partial charge is 0.360 e. The molecule has 4 aromatic rings. The minimum atomic E-state index is -4.94. The second kappa shape index (κ2) is 12.1. The summed E-state index contributed by atoms with van der Waals surface area (Å²) in [4.78, 5) is 0. The molecule has 6 heteroatoms. The molecule has 0 unspecified atom stereocenters. The van der Waals surface area contributed by atoms with E-state index >= 15 is 0 Å². The molecule has 3 aromatic carbocycles. The second-order valence-electron chi connectivity index (χ2n) is 9.70. The van der Waals surface area contributed by atoms with Crippen LogP contribution in [0.3, 0.4) is 0 Å². The summed E-state index contributed by atoms with van der Waals surface area (Å²) >= 11 is 0. The summed E-state index contributed by atoms with van der Waals surface area (Å²) in [6, 6.07) is 32.2. The van der Waals surface area contributed by atoms with Crippen molar-refractivity contribution in [1.82, 2.24) is 0 Å². The Morgan fingerprint density at radius 3 is 1.33 bits per heavy atom. The maximum absolute atomic E-state index is 8.49. The smallest absolute Gasteiger partial charge is 0.222 e. The predicted octanol–water partition coefficient (Wildman–Crippen LogP) is 4.23. The zero-order valence-corrected chi connectivity index (χ0v) is 22.2. The number of fused-ring (bicyclic) bond motifs is 2. The first-order chi connectivity index (χ1) is 18.9. The maximum Gasteiger partial charge on any atom is 0.360 e. The van der Waals surface area contributed by atoms with Crippen LogP contribution in [0.4, 0.5) is 0 Å². The molecule has 0 saturated carbocycles. The van der Waals surface area contributed by atoms with Crippen molar-refractivity contribution in [1.29, 1.82) is 0 Å². The number of halogens is 1. The molecule has 0 spiro atoms. The molecule has 1 heterocycles. The van der Waals surface area contributed by atoms with Crippen LogP contribution in [-0.4, -0.2) is 0 Å². The van der Waals surface area contributed by atoms with Crippen LogP contribution < -0.4 is 18.6 Å². The second-order valence-corrected chi connectivity index (χ2v) is 10.5. The standard InChI is InChI=1S/C33H29O.ClHO4/c1-4-12-24(13-5-1)22-27-18-10-20-29-31(26-16-8-3-9-17-26)30-21-11-19-28(33(30)34-32(27)29)23-25-14-6-2-7-15-25;2-1(3,4)5/h1-9,12-17,22-23H,10-11,18-21H2;(H,2,3,4,5)/q+1;/p-1/b27-22+,28-23+;. The monoisotopic (exact) mass is 540 g/mol. The van der Waals surface area contributed by atoms with Gasteiger partial charge in [-0.25, -0.2) is 23.1 Å². The van der Waals surface area contributed by atoms with Crippen LogP contribution in [0.1, 0.15) is 59.5 Å². The molecule has 6 rings (SSSR count). The highest BCUT2D eigenvalue weighted by atomic mass is 35.7. The van der Waals surface area contributed by atoms with E-state index in [0.717, 1.165) is 50.0 Å². The molecule has 0 aliphatic heterocycles. The molecule has 0 atom stereocenters. The third-order valence-corrected chi connectivity index (χ3v) is 7.03. The van der Waals surface area contributed by atoms with Crippen molar-refractivity contribution in [3.8, 4) is 11.1 Å². The fourth-order valence-corrected chi connectivity index (χ4v) is 5.50. The number of benzene rings is 3. The van der Waals surface area contributed by atoms with Gasteiger partial charge in [0.1, 0.15) is 0 Å². The Balaban J connectivity index is 0.000000567. The van der Waals surface area contributed by atoms with Gasteiger partial charge >= 0.3 is 11.5 Å². The van der Waals surface area contributed by atoms with Gasteiger partial charge in [-0.1, -0.05) is 91.0 Å². The lowest BCUT2D eigenvalue weighted by Gasteiger charge is -2.22. The van der Waals surface area contributed by atoms with Crippen LogP contribution in [-0.2, 0) is 12.8 Å². The van der Waals surface area contributed by atoms with Crippen molar-refractivity contribution in [2.45, 2.75) is 38.5 Å². The lowest BCUT2D eigenvalue weighted by Crippen LogP contribution is -2.68. The van der Waals surface area contributed by atoms with Gasteiger partial charge in [-0.2, -0.15) is 0 Å². The Kier molecular flexibility index (Phi) is 8.36. The van der Waals surface area contributed by atoms with Gasteiger partial charge in [0.2, 0.25) is 0 Å². The summed E-state index contributed by atoms with van der Waals surface area (Å²) in [5.41, 5.74) is 10.6. The van der Waals surface area contributed by atoms with E-state index in [0.29, 0.717) is 0 Å². The van der Waals surface area contributed by atoms with Crippen LogP contribution in [0.5, 0.6) is 0 Å². The van der Waals surface area contributed by atoms with Crippen molar-refractivity contribution in [3.63, 3.8) is 0 Å². The van der Waals surface area contributed by atoms with Crippen LogP contribution >= 0.6 is 0 Å². The minimum Gasteiger partial charge on any atom is -0.222 e. The van der Waals surface area contributed by atoms with Gasteiger partial charge in [-0.15, -0.1) is 10.2 Å². The highest BCUT2D eigenvalue weighted by Crippen LogP contribution is 2.46. The average Bonchev–Trinajstić information content (AvgIpc) is 2.93. The van der Waals surface area contributed by atoms with E-state index in [1.54, 1.807) is 0 Å². The van der Waals surface area contributed by atoms with E-state index in [2.05, 4.69) is 103 Å². The molecule has 1 aromatic heterocycles. The Bertz CT molecular complexity index is 1380. The molecule has 5 nitrogen and oxygen atoms in total. The van der Waals surface area contributed by atoms with Crippen molar-refractivity contribution in [2.24, 2.45) is 0 Å². The van der Waals surface area contributed by atoms with Gasteiger partial charge in [0.05, 0.1) is 22.3 Å². The van der Waals surface area contributed by atoms with Crippen LogP contribution in [0, 0.1) is 10.2 Å². The van der Waals surface area contributed by atoms with Crippen molar-refractivity contribution in [3.05, 3.63) is 125 Å². The van der Waals surface area contributed by atoms with E-state index in [1.807, 2.05) is 0 Å². The highest BCUT2D eigenvalue weighted by Gasteiger charge is 2.37. The van der Waals surface area contributed by atoms with E-state index < -0.39 is 10.2 Å². The summed E-state index contributed by atoms with van der Waals surface area (Å²) in [6.45, 7) is 0. The maximum atomic E-state index is 8.49. The summed E-state index contributed by atoms with van der Waals surface area (Å²) in [5, 5.41) is 0. The average molecular weight is 541 g/mol. The molecule has 0 amide bonds. The van der Waals surface area contributed by atoms with Gasteiger partial charge in [0, 0.05) is 5.56 Å². The van der Waals surface area contributed by atoms with Gasteiger partial charge in [-0.05, 0) is 67.4 Å². The molecule has 2 aliphatic rings. The van der Waals surface area contributed by atoms with E-state index in [4.69, 9.17) is 23.1 Å². The molecule has 0 radical (unpaired) electrons. The summed E-state index contributed by atoms with van der Waals surface area (Å²) < 4.78 is 40.9. The van der Waals surface area contributed by atoms with Gasteiger partial charge in [0.25, 0.3) is 0 Å². The molecular weight excluding hydrogens is 512 g/mol. The SMILES string of the molecule is C(=C1/CCCc2c1[o+]c1c(c2-c2ccccc2)CCC/C1=C\c1ccccc1)/c1ccccc1.[O-][Cl+3]([O-])([O-])[O-]. The number of allylic oxidation sites excluding steroid dienone is 2. The molecule has 198 valence electrons. The molecular formula is C33H29ClO5. The number of rotatable bonds is 3. The first-order valence-corrected chi connectivity index (χ1v) is 14.3. The van der Waals surface area contributed by atoms with Crippen molar-refractivity contribution < 1.29 is 33.3 Å². The van der Waals surface area contributed by atoms with E-state index in [1.165, 1.54) is 44.5 Å². The van der Waals surface area contributed by atoms with Crippen LogP contribution in [0.25, 0.3) is 34.4 Å². The highest BCUT2D eigenvalue weighted by molar-refractivity contribution is 5.90. The first kappa shape index (κ1) is 27.0. The fraction of sp³-hybridized carbons (Fsp3) is 0.182. The van der Waals surface area contributed by atoms with Crippen molar-refractivity contribution in [2.75, 3.05) is 0 Å². The Labute approximate surface area is 230 Å². The molecule has 0 bridgehead atoms. The zero-order valence-electron chi connectivity index (χ0n) is 21.5. The topological polar surface area (TPSA) is 104 Å².